The van der Waals surface area contributed by atoms with E-state index in [9.17, 15) is 0 Å². The van der Waals surface area contributed by atoms with Crippen LogP contribution in [0.4, 0.5) is 0 Å². The van der Waals surface area contributed by atoms with Gasteiger partial charge in [0.25, 0.3) is 0 Å². The molecule has 2 aliphatic carbocycles. The van der Waals surface area contributed by atoms with Gasteiger partial charge in [0.2, 0.25) is 0 Å². The number of thiazole rings is 1. The van der Waals surface area contributed by atoms with Crippen molar-refractivity contribution in [3.8, 4) is 0 Å². The summed E-state index contributed by atoms with van der Waals surface area (Å²) in [5.41, 5.74) is 0. The van der Waals surface area contributed by atoms with Gasteiger partial charge in [-0.3, -0.25) is 0 Å². The molecular formula is C13H20N2S. The number of hydrogen-bond acceptors (Lipinski definition) is 3. The maximum Gasteiger partial charge on any atom is 0.0959 e. The molecule has 0 saturated heterocycles. The molecule has 88 valence electrons. The van der Waals surface area contributed by atoms with Crippen LogP contribution in [-0.4, -0.2) is 11.5 Å². The third-order valence-corrected chi connectivity index (χ3v) is 4.91. The second kappa shape index (κ2) is 4.84. The van der Waals surface area contributed by atoms with Crippen molar-refractivity contribution in [2.75, 3.05) is 6.54 Å². The average molecular weight is 236 g/mol. The van der Waals surface area contributed by atoms with Crippen molar-refractivity contribution in [1.82, 2.24) is 10.3 Å². The van der Waals surface area contributed by atoms with Gasteiger partial charge in [0, 0.05) is 23.5 Å². The highest BCUT2D eigenvalue weighted by atomic mass is 32.1. The molecule has 3 heteroatoms. The van der Waals surface area contributed by atoms with E-state index < -0.39 is 0 Å². The summed E-state index contributed by atoms with van der Waals surface area (Å²) in [6.45, 7) is 2.21. The molecule has 2 nitrogen and oxygen atoms in total. The van der Waals surface area contributed by atoms with Gasteiger partial charge in [-0.25, -0.2) is 4.98 Å². The van der Waals surface area contributed by atoms with E-state index in [0.717, 1.165) is 18.4 Å². The minimum Gasteiger partial charge on any atom is -0.312 e. The van der Waals surface area contributed by atoms with Gasteiger partial charge in [-0.1, -0.05) is 19.3 Å². The molecule has 0 aromatic carbocycles. The van der Waals surface area contributed by atoms with E-state index in [-0.39, 0.29) is 0 Å². The van der Waals surface area contributed by atoms with Crippen LogP contribution in [0.1, 0.15) is 54.3 Å². The SMILES string of the molecule is c1nc(C2CC2)sc1CNCCC1CCC1. The molecule has 0 bridgehead atoms. The number of nitrogens with zero attached hydrogens (tertiary/aromatic N) is 1. The van der Waals surface area contributed by atoms with E-state index in [1.165, 1.54) is 55.0 Å². The van der Waals surface area contributed by atoms with Crippen LogP contribution in [0.5, 0.6) is 0 Å². The first-order valence-corrected chi connectivity index (χ1v) is 7.39. The fourth-order valence-corrected chi connectivity index (χ4v) is 3.28. The molecule has 1 aromatic rings. The van der Waals surface area contributed by atoms with Crippen LogP contribution < -0.4 is 5.32 Å². The van der Waals surface area contributed by atoms with Crippen LogP contribution in [0.15, 0.2) is 6.20 Å². The highest BCUT2D eigenvalue weighted by molar-refractivity contribution is 7.11. The molecule has 0 spiro atoms. The molecule has 0 atom stereocenters. The summed E-state index contributed by atoms with van der Waals surface area (Å²) >= 11 is 1.91. The lowest BCUT2D eigenvalue weighted by atomic mass is 9.83. The summed E-state index contributed by atoms with van der Waals surface area (Å²) < 4.78 is 0. The maximum atomic E-state index is 4.50. The van der Waals surface area contributed by atoms with Crippen LogP contribution in [0.25, 0.3) is 0 Å². The van der Waals surface area contributed by atoms with Crippen LogP contribution in [0.2, 0.25) is 0 Å². The largest absolute Gasteiger partial charge is 0.312 e. The molecule has 3 rings (SSSR count). The molecule has 1 N–H and O–H groups in total. The fourth-order valence-electron chi connectivity index (χ4n) is 2.22. The van der Waals surface area contributed by atoms with Crippen molar-refractivity contribution < 1.29 is 0 Å². The van der Waals surface area contributed by atoms with Crippen molar-refractivity contribution in [3.05, 3.63) is 16.1 Å². The average Bonchev–Trinajstić information content (AvgIpc) is 2.97. The van der Waals surface area contributed by atoms with Crippen molar-refractivity contribution >= 4 is 11.3 Å². The normalized spacial score (nSPS) is 21.0. The molecule has 2 aliphatic rings. The van der Waals surface area contributed by atoms with E-state index in [1.807, 2.05) is 11.3 Å². The van der Waals surface area contributed by atoms with Crippen molar-refractivity contribution in [3.63, 3.8) is 0 Å². The van der Waals surface area contributed by atoms with Gasteiger partial charge >= 0.3 is 0 Å². The Labute approximate surface area is 101 Å². The van der Waals surface area contributed by atoms with E-state index >= 15 is 0 Å². The minimum absolute atomic E-state index is 0.814. The molecule has 2 fully saturated rings. The van der Waals surface area contributed by atoms with Crippen LogP contribution in [0, 0.1) is 5.92 Å². The van der Waals surface area contributed by atoms with Crippen LogP contribution in [0.3, 0.4) is 0 Å². The Hall–Kier alpha value is -0.410. The zero-order chi connectivity index (χ0) is 10.8. The summed E-state index contributed by atoms with van der Waals surface area (Å²) in [5, 5.41) is 4.91. The zero-order valence-electron chi connectivity index (χ0n) is 9.74. The monoisotopic (exact) mass is 236 g/mol. The number of aromatic nitrogens is 1. The van der Waals surface area contributed by atoms with Crippen molar-refractivity contribution in [1.29, 1.82) is 0 Å². The highest BCUT2D eigenvalue weighted by Gasteiger charge is 2.26. The summed E-state index contributed by atoms with van der Waals surface area (Å²) in [7, 11) is 0. The van der Waals surface area contributed by atoms with Gasteiger partial charge in [0.15, 0.2) is 0 Å². The van der Waals surface area contributed by atoms with E-state index in [1.54, 1.807) is 0 Å². The summed E-state index contributed by atoms with van der Waals surface area (Å²) in [6.07, 6.45) is 10.6. The summed E-state index contributed by atoms with van der Waals surface area (Å²) in [5.74, 6) is 1.84. The summed E-state index contributed by atoms with van der Waals surface area (Å²) in [4.78, 5) is 5.91. The topological polar surface area (TPSA) is 24.9 Å². The second-order valence-electron chi connectivity index (χ2n) is 5.20. The first kappa shape index (κ1) is 10.7. The third kappa shape index (κ3) is 2.64. The van der Waals surface area contributed by atoms with Gasteiger partial charge in [0.1, 0.15) is 0 Å². The molecule has 1 aromatic heterocycles. The minimum atomic E-state index is 0.814. The molecular weight excluding hydrogens is 216 g/mol. The molecule has 0 aliphatic heterocycles. The van der Waals surface area contributed by atoms with Crippen LogP contribution in [-0.2, 0) is 6.54 Å². The van der Waals surface area contributed by atoms with Gasteiger partial charge in [-0.15, -0.1) is 11.3 Å². The highest BCUT2D eigenvalue weighted by Crippen LogP contribution is 2.41. The molecule has 2 saturated carbocycles. The quantitative estimate of drug-likeness (QED) is 0.767. The molecule has 1 heterocycles. The number of nitrogens with one attached hydrogen (secondary N) is 1. The number of hydrogen-bond donors (Lipinski definition) is 1. The van der Waals surface area contributed by atoms with Gasteiger partial charge < -0.3 is 5.32 Å². The zero-order valence-corrected chi connectivity index (χ0v) is 10.6. The Balaban J connectivity index is 1.36. The van der Waals surface area contributed by atoms with E-state index in [2.05, 4.69) is 16.5 Å². The van der Waals surface area contributed by atoms with Crippen LogP contribution >= 0.6 is 11.3 Å². The standard InChI is InChI=1S/C13H20N2S/c1-2-10(3-1)6-7-14-8-12-9-15-13(16-12)11-4-5-11/h9-11,14H,1-8H2. The maximum absolute atomic E-state index is 4.50. The first-order valence-electron chi connectivity index (χ1n) is 6.57. The van der Waals surface area contributed by atoms with E-state index in [4.69, 9.17) is 0 Å². The smallest absolute Gasteiger partial charge is 0.0959 e. The van der Waals surface area contributed by atoms with E-state index in [0.29, 0.717) is 0 Å². The molecule has 16 heavy (non-hydrogen) atoms. The Kier molecular flexibility index (Phi) is 3.25. The Morgan fingerprint density at radius 3 is 2.88 bits per heavy atom. The molecule has 0 radical (unpaired) electrons. The van der Waals surface area contributed by atoms with Crippen molar-refractivity contribution in [2.45, 2.75) is 51.0 Å². The summed E-state index contributed by atoms with van der Waals surface area (Å²) in [6, 6.07) is 0. The Morgan fingerprint density at radius 1 is 1.31 bits per heavy atom. The van der Waals surface area contributed by atoms with Gasteiger partial charge in [-0.2, -0.15) is 0 Å². The lowest BCUT2D eigenvalue weighted by Gasteiger charge is -2.25. The number of rotatable bonds is 6. The predicted molar refractivity (Wildman–Crippen MR) is 67.8 cm³/mol. The Morgan fingerprint density at radius 2 is 2.19 bits per heavy atom. The first-order chi connectivity index (χ1) is 7.92. The van der Waals surface area contributed by atoms with Gasteiger partial charge in [-0.05, 0) is 31.7 Å². The third-order valence-electron chi connectivity index (χ3n) is 3.75. The predicted octanol–water partition coefficient (Wildman–Crippen LogP) is 3.30. The van der Waals surface area contributed by atoms with Crippen molar-refractivity contribution in [2.24, 2.45) is 5.92 Å². The molecule has 0 unspecified atom stereocenters. The molecule has 0 amide bonds. The second-order valence-corrected chi connectivity index (χ2v) is 6.35. The fraction of sp³-hybridized carbons (Fsp3) is 0.769. The Bertz CT molecular complexity index is 339. The lowest BCUT2D eigenvalue weighted by molar-refractivity contribution is 0.292. The lowest BCUT2D eigenvalue weighted by Crippen LogP contribution is -2.20. The van der Waals surface area contributed by atoms with Gasteiger partial charge in [0.05, 0.1) is 5.01 Å².